The van der Waals surface area contributed by atoms with Crippen LogP contribution in [0.1, 0.15) is 23.7 Å². The minimum Gasteiger partial charge on any atom is -0.376 e. The lowest BCUT2D eigenvalue weighted by atomic mass is 10.1. The molecule has 3 rings (SSSR count). The van der Waals surface area contributed by atoms with E-state index in [0.717, 1.165) is 12.1 Å². The first kappa shape index (κ1) is 24.3. The molecule has 0 saturated carbocycles. The van der Waals surface area contributed by atoms with E-state index in [9.17, 15) is 22.4 Å². The molecule has 0 spiro atoms. The van der Waals surface area contributed by atoms with E-state index in [1.165, 1.54) is 18.2 Å². The van der Waals surface area contributed by atoms with Crippen molar-refractivity contribution in [2.24, 2.45) is 0 Å². The summed E-state index contributed by atoms with van der Waals surface area (Å²) in [4.78, 5) is 16.4. The van der Waals surface area contributed by atoms with Crippen molar-refractivity contribution in [2.75, 3.05) is 29.0 Å². The Labute approximate surface area is 193 Å². The molecular weight excluding hydrogens is 460 g/mol. The number of aromatic nitrogens is 1. The van der Waals surface area contributed by atoms with Crippen LogP contribution < -0.4 is 16.0 Å². The summed E-state index contributed by atoms with van der Waals surface area (Å²) in [5, 5.41) is 8.74. The quantitative estimate of drug-likeness (QED) is 0.348. The summed E-state index contributed by atoms with van der Waals surface area (Å²) in [6.45, 7) is 2.35. The number of pyridine rings is 1. The number of rotatable bonds is 8. The molecule has 0 aliphatic rings. The van der Waals surface area contributed by atoms with Crippen LogP contribution in [0, 0.1) is 5.82 Å². The number of benzene rings is 2. The smallest absolute Gasteiger partial charge is 0.376 e. The van der Waals surface area contributed by atoms with Crippen molar-refractivity contribution in [3.05, 3.63) is 82.3 Å². The fourth-order valence-electron chi connectivity index (χ4n) is 3.05. The van der Waals surface area contributed by atoms with Gasteiger partial charge in [-0.15, -0.1) is 0 Å². The summed E-state index contributed by atoms with van der Waals surface area (Å²) in [6.07, 6.45) is -4.37. The Hall–Kier alpha value is -3.33. The SMILES string of the molecule is CCNc1ccc(F)c(Cc2cc(NCC(=O)Nc3cccc(C(F)(F)F)c3)ccc2Cl)n1. The topological polar surface area (TPSA) is 66.0 Å². The molecule has 1 amide bonds. The lowest BCUT2D eigenvalue weighted by Gasteiger charge is -2.12. The van der Waals surface area contributed by atoms with E-state index in [0.29, 0.717) is 28.6 Å². The summed E-state index contributed by atoms with van der Waals surface area (Å²) in [5.74, 6) is -0.450. The number of hydrogen-bond acceptors (Lipinski definition) is 4. The molecule has 1 heterocycles. The second-order valence-electron chi connectivity index (χ2n) is 7.12. The van der Waals surface area contributed by atoms with Crippen molar-refractivity contribution in [3.8, 4) is 0 Å². The van der Waals surface area contributed by atoms with Gasteiger partial charge in [0.1, 0.15) is 11.6 Å². The second kappa shape index (κ2) is 10.5. The Balaban J connectivity index is 1.66. The summed E-state index contributed by atoms with van der Waals surface area (Å²) < 4.78 is 52.7. The monoisotopic (exact) mass is 480 g/mol. The van der Waals surface area contributed by atoms with Gasteiger partial charge in [-0.1, -0.05) is 17.7 Å². The predicted octanol–water partition coefficient (Wildman–Crippen LogP) is 5.97. The van der Waals surface area contributed by atoms with Gasteiger partial charge in [0.15, 0.2) is 0 Å². The van der Waals surface area contributed by atoms with Gasteiger partial charge >= 0.3 is 6.18 Å². The molecule has 0 aliphatic heterocycles. The number of halogens is 5. The molecule has 33 heavy (non-hydrogen) atoms. The Bertz CT molecular complexity index is 1140. The fourth-order valence-corrected chi connectivity index (χ4v) is 3.23. The van der Waals surface area contributed by atoms with E-state index in [-0.39, 0.29) is 24.3 Å². The average molecular weight is 481 g/mol. The van der Waals surface area contributed by atoms with Crippen molar-refractivity contribution in [3.63, 3.8) is 0 Å². The van der Waals surface area contributed by atoms with Gasteiger partial charge < -0.3 is 16.0 Å². The lowest BCUT2D eigenvalue weighted by molar-refractivity contribution is -0.137. The van der Waals surface area contributed by atoms with Crippen molar-refractivity contribution in [1.82, 2.24) is 4.98 Å². The van der Waals surface area contributed by atoms with Gasteiger partial charge in [0.25, 0.3) is 0 Å². The van der Waals surface area contributed by atoms with Crippen LogP contribution in [-0.4, -0.2) is 24.0 Å². The molecule has 0 atom stereocenters. The van der Waals surface area contributed by atoms with E-state index in [1.54, 1.807) is 24.3 Å². The summed E-state index contributed by atoms with van der Waals surface area (Å²) in [6, 6.07) is 12.2. The molecule has 0 unspecified atom stereocenters. The number of carbonyl (C=O) groups is 1. The van der Waals surface area contributed by atoms with Crippen LogP contribution in [0.25, 0.3) is 0 Å². The Morgan fingerprint density at radius 3 is 2.55 bits per heavy atom. The molecule has 3 N–H and O–H groups in total. The third-order valence-corrected chi connectivity index (χ3v) is 4.98. The highest BCUT2D eigenvalue weighted by atomic mass is 35.5. The Kier molecular flexibility index (Phi) is 7.75. The van der Waals surface area contributed by atoms with Crippen molar-refractivity contribution in [2.45, 2.75) is 19.5 Å². The molecule has 3 aromatic rings. The summed E-state index contributed by atoms with van der Waals surface area (Å²) in [5.41, 5.74) is 0.539. The third kappa shape index (κ3) is 6.82. The lowest BCUT2D eigenvalue weighted by Crippen LogP contribution is -2.22. The van der Waals surface area contributed by atoms with E-state index in [2.05, 4.69) is 20.9 Å². The molecule has 0 saturated heterocycles. The zero-order valence-corrected chi connectivity index (χ0v) is 18.3. The zero-order valence-electron chi connectivity index (χ0n) is 17.6. The Morgan fingerprint density at radius 2 is 1.82 bits per heavy atom. The normalized spacial score (nSPS) is 11.2. The number of hydrogen-bond donors (Lipinski definition) is 3. The number of alkyl halides is 3. The van der Waals surface area contributed by atoms with Crippen molar-refractivity contribution < 1.29 is 22.4 Å². The maximum absolute atomic E-state index is 14.2. The van der Waals surface area contributed by atoms with Gasteiger partial charge in [-0.2, -0.15) is 13.2 Å². The second-order valence-corrected chi connectivity index (χ2v) is 7.53. The highest BCUT2D eigenvalue weighted by Crippen LogP contribution is 2.30. The maximum atomic E-state index is 14.2. The summed E-state index contributed by atoms with van der Waals surface area (Å²) in [7, 11) is 0. The van der Waals surface area contributed by atoms with Gasteiger partial charge in [-0.3, -0.25) is 4.79 Å². The summed E-state index contributed by atoms with van der Waals surface area (Å²) >= 11 is 6.26. The van der Waals surface area contributed by atoms with E-state index in [4.69, 9.17) is 11.6 Å². The first-order valence-electron chi connectivity index (χ1n) is 10.0. The molecule has 0 aliphatic carbocycles. The number of nitrogens with zero attached hydrogens (tertiary/aromatic N) is 1. The maximum Gasteiger partial charge on any atom is 0.416 e. The van der Waals surface area contributed by atoms with Gasteiger partial charge in [0.2, 0.25) is 5.91 Å². The molecule has 1 aromatic heterocycles. The molecule has 0 bridgehead atoms. The number of anilines is 3. The van der Waals surface area contributed by atoms with Crippen LogP contribution >= 0.6 is 11.6 Å². The van der Waals surface area contributed by atoms with E-state index < -0.39 is 23.5 Å². The van der Waals surface area contributed by atoms with Crippen LogP contribution in [0.2, 0.25) is 5.02 Å². The van der Waals surface area contributed by atoms with Gasteiger partial charge in [-0.25, -0.2) is 9.37 Å². The first-order valence-corrected chi connectivity index (χ1v) is 10.4. The highest BCUT2D eigenvalue weighted by molar-refractivity contribution is 6.31. The highest BCUT2D eigenvalue weighted by Gasteiger charge is 2.30. The van der Waals surface area contributed by atoms with E-state index >= 15 is 0 Å². The van der Waals surface area contributed by atoms with Crippen LogP contribution in [-0.2, 0) is 17.4 Å². The van der Waals surface area contributed by atoms with Crippen LogP contribution in [0.3, 0.4) is 0 Å². The van der Waals surface area contributed by atoms with Gasteiger partial charge in [-0.05, 0) is 61.0 Å². The molecule has 2 aromatic carbocycles. The molecule has 10 heteroatoms. The van der Waals surface area contributed by atoms with Gasteiger partial charge in [0.05, 0.1) is 17.8 Å². The van der Waals surface area contributed by atoms with Gasteiger partial charge in [0, 0.05) is 29.4 Å². The van der Waals surface area contributed by atoms with Crippen LogP contribution in [0.15, 0.2) is 54.6 Å². The standard InChI is InChI=1S/C23H21ClF4N4O/c1-2-29-21-9-8-19(25)20(32-21)11-14-10-16(6-7-18(14)24)30-13-22(33)31-17-5-3-4-15(12-17)23(26,27)28/h3-10,12,30H,2,11,13H2,1H3,(H,29,32)(H,31,33). The minimum absolute atomic E-state index is 0.0375. The molecule has 0 radical (unpaired) electrons. The minimum atomic E-state index is -4.50. The largest absolute Gasteiger partial charge is 0.416 e. The molecule has 174 valence electrons. The molecule has 0 fully saturated rings. The molecular formula is C23H21ClF4N4O. The number of nitrogens with one attached hydrogen (secondary N) is 3. The number of carbonyl (C=O) groups excluding carboxylic acids is 1. The Morgan fingerprint density at radius 1 is 1.03 bits per heavy atom. The third-order valence-electron chi connectivity index (χ3n) is 4.61. The van der Waals surface area contributed by atoms with Crippen LogP contribution in [0.5, 0.6) is 0 Å². The molecule has 5 nitrogen and oxygen atoms in total. The van der Waals surface area contributed by atoms with E-state index in [1.807, 2.05) is 6.92 Å². The van der Waals surface area contributed by atoms with Crippen LogP contribution in [0.4, 0.5) is 34.8 Å². The van der Waals surface area contributed by atoms with Crippen molar-refractivity contribution in [1.29, 1.82) is 0 Å². The fraction of sp³-hybridized carbons (Fsp3) is 0.217. The average Bonchev–Trinajstić information content (AvgIpc) is 2.76. The number of amides is 1. The van der Waals surface area contributed by atoms with Crippen molar-refractivity contribution >= 4 is 34.7 Å². The predicted molar refractivity (Wildman–Crippen MR) is 121 cm³/mol. The first-order chi connectivity index (χ1) is 15.7. The zero-order chi connectivity index (χ0) is 24.0.